The minimum absolute atomic E-state index is 0.0143. The molecule has 0 unspecified atom stereocenters. The molecule has 0 radical (unpaired) electrons. The van der Waals surface area contributed by atoms with Gasteiger partial charge in [-0.15, -0.1) is 0 Å². The Bertz CT molecular complexity index is 745. The zero-order valence-corrected chi connectivity index (χ0v) is 18.5. The van der Waals surface area contributed by atoms with Gasteiger partial charge in [0.2, 0.25) is 5.91 Å². The lowest BCUT2D eigenvalue weighted by Crippen LogP contribution is -2.58. The van der Waals surface area contributed by atoms with E-state index in [0.29, 0.717) is 6.54 Å². The lowest BCUT2D eigenvalue weighted by atomic mass is 10.00. The zero-order valence-electron chi connectivity index (χ0n) is 18.5. The van der Waals surface area contributed by atoms with Crippen LogP contribution in [0, 0.1) is 0 Å². The van der Waals surface area contributed by atoms with Crippen molar-refractivity contribution in [2.45, 2.75) is 51.5 Å². The highest BCUT2D eigenvalue weighted by Crippen LogP contribution is 2.25. The van der Waals surface area contributed by atoms with Crippen LogP contribution >= 0.6 is 0 Å². The second kappa shape index (κ2) is 10.2. The summed E-state index contributed by atoms with van der Waals surface area (Å²) in [6, 6.07) is 20.0. The zero-order chi connectivity index (χ0) is 21.6. The van der Waals surface area contributed by atoms with Gasteiger partial charge in [-0.05, 0) is 38.8 Å². The fraction of sp³-hybridized carbons (Fsp3) is 0.480. The Labute approximate surface area is 180 Å². The summed E-state index contributed by atoms with van der Waals surface area (Å²) in [7, 11) is 0. The molecule has 1 fully saturated rings. The summed E-state index contributed by atoms with van der Waals surface area (Å²) >= 11 is 0. The van der Waals surface area contributed by atoms with Crippen LogP contribution in [-0.2, 0) is 14.3 Å². The third-order valence-electron chi connectivity index (χ3n) is 5.58. The molecule has 1 heterocycles. The maximum Gasteiger partial charge on any atom is 0.246 e. The molecule has 2 aromatic rings. The molecule has 0 spiro atoms. The molecule has 2 aromatic carbocycles. The summed E-state index contributed by atoms with van der Waals surface area (Å²) in [6.07, 6.45) is 0.126. The molecule has 0 saturated carbocycles. The van der Waals surface area contributed by atoms with Crippen LogP contribution in [0.3, 0.4) is 0 Å². The van der Waals surface area contributed by atoms with E-state index in [1.165, 1.54) is 0 Å². The number of hydrogen-bond acceptors (Lipinski definition) is 4. The number of carbonyl (C=O) groups excluding carboxylic acids is 1. The Morgan fingerprint density at radius 2 is 1.53 bits per heavy atom. The van der Waals surface area contributed by atoms with Crippen LogP contribution in [0.15, 0.2) is 60.7 Å². The van der Waals surface area contributed by atoms with Gasteiger partial charge in [0.1, 0.15) is 12.7 Å². The first-order valence-electron chi connectivity index (χ1n) is 10.7. The third-order valence-corrected chi connectivity index (χ3v) is 5.58. The fourth-order valence-electron chi connectivity index (χ4n) is 3.95. The van der Waals surface area contributed by atoms with Crippen molar-refractivity contribution in [2.75, 3.05) is 26.2 Å². The first-order valence-corrected chi connectivity index (χ1v) is 10.7. The minimum atomic E-state index is -0.271. The largest absolute Gasteiger partial charge is 0.373 e. The predicted molar refractivity (Wildman–Crippen MR) is 119 cm³/mol. The van der Waals surface area contributed by atoms with E-state index < -0.39 is 0 Å². The van der Waals surface area contributed by atoms with Gasteiger partial charge in [-0.2, -0.15) is 0 Å². The normalized spacial score (nSPS) is 20.3. The highest BCUT2D eigenvalue weighted by atomic mass is 16.5. The van der Waals surface area contributed by atoms with Crippen LogP contribution in [0.2, 0.25) is 0 Å². The van der Waals surface area contributed by atoms with Crippen molar-refractivity contribution in [2.24, 2.45) is 0 Å². The Balaban J connectivity index is 1.57. The molecular weight excluding hydrogens is 376 g/mol. The molecule has 2 atom stereocenters. The highest BCUT2D eigenvalue weighted by Gasteiger charge is 2.33. The second-order valence-corrected chi connectivity index (χ2v) is 8.76. The molecule has 1 aliphatic heterocycles. The summed E-state index contributed by atoms with van der Waals surface area (Å²) < 4.78 is 11.9. The van der Waals surface area contributed by atoms with Gasteiger partial charge in [-0.25, -0.2) is 0 Å². The molecule has 1 aliphatic rings. The van der Waals surface area contributed by atoms with Crippen LogP contribution in [0.25, 0.3) is 0 Å². The molecular formula is C25H34N2O3. The standard InChI is InChI=1S/C25H34N2O3/c1-19-15-27(16-20(2)30-19)25(3,4)18-26-23(28)17-29-24(21-11-7-5-8-12-21)22-13-9-6-10-14-22/h5-14,19-20,24H,15-18H2,1-4H3,(H,26,28)/t19-,20-/m0/s1. The van der Waals surface area contributed by atoms with Gasteiger partial charge in [0.25, 0.3) is 0 Å². The van der Waals surface area contributed by atoms with Gasteiger partial charge in [-0.3, -0.25) is 9.69 Å². The van der Waals surface area contributed by atoms with E-state index in [2.05, 4.69) is 37.9 Å². The van der Waals surface area contributed by atoms with E-state index in [9.17, 15) is 4.79 Å². The molecule has 0 bridgehead atoms. The molecule has 0 aromatic heterocycles. The molecule has 5 nitrogen and oxygen atoms in total. The van der Waals surface area contributed by atoms with Crippen molar-refractivity contribution in [3.63, 3.8) is 0 Å². The molecule has 1 amide bonds. The molecule has 162 valence electrons. The molecule has 1 saturated heterocycles. The van der Waals surface area contributed by atoms with Crippen molar-refractivity contribution in [3.8, 4) is 0 Å². The summed E-state index contributed by atoms with van der Waals surface area (Å²) in [6.45, 7) is 10.8. The van der Waals surface area contributed by atoms with Crippen molar-refractivity contribution >= 4 is 5.91 Å². The van der Waals surface area contributed by atoms with Crippen molar-refractivity contribution < 1.29 is 14.3 Å². The number of benzene rings is 2. The molecule has 0 aliphatic carbocycles. The number of rotatable bonds is 8. The lowest BCUT2D eigenvalue weighted by Gasteiger charge is -2.45. The number of nitrogens with zero attached hydrogens (tertiary/aromatic N) is 1. The van der Waals surface area contributed by atoms with Gasteiger partial charge >= 0.3 is 0 Å². The lowest BCUT2D eigenvalue weighted by molar-refractivity contribution is -0.128. The fourth-order valence-corrected chi connectivity index (χ4v) is 3.95. The van der Waals surface area contributed by atoms with Gasteiger partial charge in [-0.1, -0.05) is 60.7 Å². The smallest absolute Gasteiger partial charge is 0.246 e. The monoisotopic (exact) mass is 410 g/mol. The number of morpholine rings is 1. The molecule has 5 heteroatoms. The number of carbonyl (C=O) groups is 1. The Kier molecular flexibility index (Phi) is 7.64. The molecule has 30 heavy (non-hydrogen) atoms. The average Bonchev–Trinajstić information content (AvgIpc) is 2.73. The van der Waals surface area contributed by atoms with Crippen molar-refractivity contribution in [1.82, 2.24) is 10.2 Å². The summed E-state index contributed by atoms with van der Waals surface area (Å²) in [5.74, 6) is -0.103. The number of nitrogens with one attached hydrogen (secondary N) is 1. The van der Waals surface area contributed by atoms with Crippen LogP contribution in [-0.4, -0.2) is 54.8 Å². The summed E-state index contributed by atoms with van der Waals surface area (Å²) in [4.78, 5) is 15.0. The second-order valence-electron chi connectivity index (χ2n) is 8.76. The van der Waals surface area contributed by atoms with E-state index in [4.69, 9.17) is 9.47 Å². The first-order chi connectivity index (χ1) is 14.3. The Morgan fingerprint density at radius 1 is 1.03 bits per heavy atom. The van der Waals surface area contributed by atoms with E-state index in [0.717, 1.165) is 24.2 Å². The van der Waals surface area contributed by atoms with Crippen LogP contribution in [0.4, 0.5) is 0 Å². The van der Waals surface area contributed by atoms with Gasteiger partial charge < -0.3 is 14.8 Å². The SMILES string of the molecule is C[C@H]1CN(C(C)(C)CNC(=O)COC(c2ccccc2)c2ccccc2)C[C@H](C)O1. The number of hydrogen-bond donors (Lipinski definition) is 1. The average molecular weight is 411 g/mol. The minimum Gasteiger partial charge on any atom is -0.373 e. The van der Waals surface area contributed by atoms with Gasteiger partial charge in [0.05, 0.1) is 12.2 Å². The van der Waals surface area contributed by atoms with Crippen LogP contribution < -0.4 is 5.32 Å². The van der Waals surface area contributed by atoms with E-state index >= 15 is 0 Å². The van der Waals surface area contributed by atoms with Gasteiger partial charge in [0, 0.05) is 25.2 Å². The third kappa shape index (κ3) is 6.14. The Morgan fingerprint density at radius 3 is 2.03 bits per heavy atom. The highest BCUT2D eigenvalue weighted by molar-refractivity contribution is 5.77. The maximum atomic E-state index is 12.6. The van der Waals surface area contributed by atoms with E-state index in [1.54, 1.807) is 0 Å². The Hall–Kier alpha value is -2.21. The molecule has 1 N–H and O–H groups in total. The van der Waals surface area contributed by atoms with Crippen LogP contribution in [0.5, 0.6) is 0 Å². The summed E-state index contributed by atoms with van der Waals surface area (Å²) in [5, 5.41) is 3.06. The molecule has 3 rings (SSSR count). The van der Waals surface area contributed by atoms with Crippen LogP contribution in [0.1, 0.15) is 44.9 Å². The van der Waals surface area contributed by atoms with E-state index in [1.807, 2.05) is 60.7 Å². The number of amides is 1. The van der Waals surface area contributed by atoms with Crippen molar-refractivity contribution in [3.05, 3.63) is 71.8 Å². The quantitative estimate of drug-likeness (QED) is 0.719. The van der Waals surface area contributed by atoms with Crippen molar-refractivity contribution in [1.29, 1.82) is 0 Å². The maximum absolute atomic E-state index is 12.6. The van der Waals surface area contributed by atoms with Gasteiger partial charge in [0.15, 0.2) is 0 Å². The first kappa shape index (κ1) is 22.5. The summed E-state index contributed by atoms with van der Waals surface area (Å²) in [5.41, 5.74) is 1.92. The topological polar surface area (TPSA) is 50.8 Å². The predicted octanol–water partition coefficient (Wildman–Crippen LogP) is 3.80. The number of ether oxygens (including phenoxy) is 2. The van der Waals surface area contributed by atoms with E-state index in [-0.39, 0.29) is 36.4 Å².